The van der Waals surface area contributed by atoms with E-state index in [-0.39, 0.29) is 0 Å². The van der Waals surface area contributed by atoms with Crippen LogP contribution >= 0.6 is 11.8 Å². The lowest BCUT2D eigenvalue weighted by molar-refractivity contribution is 0.343. The molecule has 0 amide bonds. The standard InChI is InChI=1S/C21H24N2O3S/c1-14(2)17-10-9-16(13-15(17)3)25-11-12-27-21-23-22-20(26-21)18-7-5-6-8-19(18)24-4/h5-10,13-14H,11-12H2,1-4H3. The second-order valence-electron chi connectivity index (χ2n) is 6.44. The molecule has 0 aliphatic rings. The first-order valence-electron chi connectivity index (χ1n) is 8.91. The second kappa shape index (κ2) is 8.95. The summed E-state index contributed by atoms with van der Waals surface area (Å²) < 4.78 is 16.9. The molecule has 27 heavy (non-hydrogen) atoms. The fourth-order valence-corrected chi connectivity index (χ4v) is 3.45. The molecule has 6 heteroatoms. The number of hydrogen-bond donors (Lipinski definition) is 0. The minimum atomic E-state index is 0.454. The highest BCUT2D eigenvalue weighted by atomic mass is 32.2. The van der Waals surface area contributed by atoms with Gasteiger partial charge in [-0.15, -0.1) is 10.2 Å². The summed E-state index contributed by atoms with van der Waals surface area (Å²) in [6, 6.07) is 13.8. The van der Waals surface area contributed by atoms with E-state index >= 15 is 0 Å². The fraction of sp³-hybridized carbons (Fsp3) is 0.333. The predicted octanol–water partition coefficient (Wildman–Crippen LogP) is 5.35. The van der Waals surface area contributed by atoms with E-state index in [1.165, 1.54) is 22.9 Å². The van der Waals surface area contributed by atoms with Gasteiger partial charge in [-0.05, 0) is 48.2 Å². The summed E-state index contributed by atoms with van der Waals surface area (Å²) in [7, 11) is 1.62. The first kappa shape index (κ1) is 19.3. The number of thioether (sulfide) groups is 1. The lowest BCUT2D eigenvalue weighted by atomic mass is 9.98. The third-order valence-corrected chi connectivity index (χ3v) is 4.97. The van der Waals surface area contributed by atoms with Crippen LogP contribution in [-0.2, 0) is 0 Å². The van der Waals surface area contributed by atoms with Gasteiger partial charge in [0, 0.05) is 5.75 Å². The number of benzene rings is 2. The van der Waals surface area contributed by atoms with Crippen molar-refractivity contribution in [3.05, 3.63) is 53.6 Å². The second-order valence-corrected chi connectivity index (χ2v) is 7.49. The van der Waals surface area contributed by atoms with Crippen LogP contribution in [0.15, 0.2) is 52.1 Å². The number of rotatable bonds is 8. The van der Waals surface area contributed by atoms with Crippen LogP contribution in [0.4, 0.5) is 0 Å². The maximum Gasteiger partial charge on any atom is 0.276 e. The Labute approximate surface area is 164 Å². The lowest BCUT2D eigenvalue weighted by Gasteiger charge is -2.12. The molecule has 0 aliphatic heterocycles. The van der Waals surface area contributed by atoms with E-state index in [9.17, 15) is 0 Å². The molecule has 0 radical (unpaired) electrons. The maximum absolute atomic E-state index is 5.84. The van der Waals surface area contributed by atoms with E-state index in [1.807, 2.05) is 30.3 Å². The van der Waals surface area contributed by atoms with Crippen LogP contribution in [-0.4, -0.2) is 29.7 Å². The van der Waals surface area contributed by atoms with Gasteiger partial charge in [-0.1, -0.05) is 43.8 Å². The fourth-order valence-electron chi connectivity index (χ4n) is 2.87. The topological polar surface area (TPSA) is 57.4 Å². The Hall–Kier alpha value is -2.47. The SMILES string of the molecule is COc1ccccc1-c1nnc(SCCOc2ccc(C(C)C)c(C)c2)o1. The van der Waals surface area contributed by atoms with E-state index in [1.54, 1.807) is 7.11 Å². The Balaban J connectivity index is 1.53. The van der Waals surface area contributed by atoms with Gasteiger partial charge in [0.05, 0.1) is 19.3 Å². The molecule has 1 heterocycles. The Morgan fingerprint density at radius 3 is 2.67 bits per heavy atom. The van der Waals surface area contributed by atoms with E-state index in [0.29, 0.717) is 29.4 Å². The average Bonchev–Trinajstić information content (AvgIpc) is 3.13. The van der Waals surface area contributed by atoms with Gasteiger partial charge in [0.1, 0.15) is 11.5 Å². The molecule has 0 saturated heterocycles. The number of nitrogens with zero attached hydrogens (tertiary/aromatic N) is 2. The van der Waals surface area contributed by atoms with Crippen molar-refractivity contribution in [2.75, 3.05) is 19.5 Å². The molecule has 5 nitrogen and oxygen atoms in total. The Kier molecular flexibility index (Phi) is 6.40. The summed E-state index contributed by atoms with van der Waals surface area (Å²) in [5.41, 5.74) is 3.40. The van der Waals surface area contributed by atoms with E-state index in [2.05, 4.69) is 43.1 Å². The summed E-state index contributed by atoms with van der Waals surface area (Å²) in [4.78, 5) is 0. The van der Waals surface area contributed by atoms with Crippen LogP contribution in [0.1, 0.15) is 30.9 Å². The molecule has 0 saturated carbocycles. The lowest BCUT2D eigenvalue weighted by Crippen LogP contribution is -2.01. The van der Waals surface area contributed by atoms with Crippen LogP contribution in [0.25, 0.3) is 11.5 Å². The van der Waals surface area contributed by atoms with Gasteiger partial charge in [0.2, 0.25) is 0 Å². The first-order chi connectivity index (χ1) is 13.1. The summed E-state index contributed by atoms with van der Waals surface area (Å²) in [6.45, 7) is 7.08. The van der Waals surface area contributed by atoms with E-state index in [4.69, 9.17) is 13.9 Å². The zero-order valence-corrected chi connectivity index (χ0v) is 16.9. The van der Waals surface area contributed by atoms with Gasteiger partial charge in [0.25, 0.3) is 11.1 Å². The van der Waals surface area contributed by atoms with Crippen molar-refractivity contribution in [1.82, 2.24) is 10.2 Å². The van der Waals surface area contributed by atoms with Gasteiger partial charge >= 0.3 is 0 Å². The first-order valence-corrected chi connectivity index (χ1v) is 9.90. The Morgan fingerprint density at radius 1 is 1.11 bits per heavy atom. The number of para-hydroxylation sites is 1. The summed E-state index contributed by atoms with van der Waals surface area (Å²) in [5, 5.41) is 8.72. The summed E-state index contributed by atoms with van der Waals surface area (Å²) >= 11 is 1.47. The highest BCUT2D eigenvalue weighted by Gasteiger charge is 2.13. The molecule has 0 spiro atoms. The number of hydrogen-bond acceptors (Lipinski definition) is 6. The van der Waals surface area contributed by atoms with Crippen LogP contribution in [0, 0.1) is 6.92 Å². The number of aryl methyl sites for hydroxylation is 1. The highest BCUT2D eigenvalue weighted by Crippen LogP contribution is 2.30. The molecule has 2 aromatic carbocycles. The van der Waals surface area contributed by atoms with Gasteiger partial charge in [-0.3, -0.25) is 0 Å². The highest BCUT2D eigenvalue weighted by molar-refractivity contribution is 7.99. The van der Waals surface area contributed by atoms with Gasteiger partial charge in [-0.2, -0.15) is 0 Å². The average molecular weight is 385 g/mol. The molecule has 0 unspecified atom stereocenters. The third-order valence-electron chi connectivity index (χ3n) is 4.18. The molecule has 0 bridgehead atoms. The Bertz CT molecular complexity index is 893. The predicted molar refractivity (Wildman–Crippen MR) is 108 cm³/mol. The van der Waals surface area contributed by atoms with Gasteiger partial charge < -0.3 is 13.9 Å². The summed E-state index contributed by atoms with van der Waals surface area (Å²) in [5.74, 6) is 3.29. The van der Waals surface area contributed by atoms with E-state index in [0.717, 1.165) is 17.1 Å². The summed E-state index contributed by atoms with van der Waals surface area (Å²) in [6.07, 6.45) is 0. The van der Waals surface area contributed by atoms with Crippen molar-refractivity contribution in [3.8, 4) is 23.0 Å². The molecule has 142 valence electrons. The number of ether oxygens (including phenoxy) is 2. The van der Waals surface area contributed by atoms with Gasteiger partial charge in [0.15, 0.2) is 0 Å². The molecule has 0 N–H and O–H groups in total. The molecule has 3 aromatic rings. The van der Waals surface area contributed by atoms with Crippen LogP contribution in [0.2, 0.25) is 0 Å². The van der Waals surface area contributed by atoms with Crippen molar-refractivity contribution in [3.63, 3.8) is 0 Å². The third kappa shape index (κ3) is 4.83. The Morgan fingerprint density at radius 2 is 1.93 bits per heavy atom. The van der Waals surface area contributed by atoms with Crippen molar-refractivity contribution < 1.29 is 13.9 Å². The van der Waals surface area contributed by atoms with E-state index < -0.39 is 0 Å². The van der Waals surface area contributed by atoms with Crippen molar-refractivity contribution in [1.29, 1.82) is 0 Å². The molecule has 0 atom stereocenters. The van der Waals surface area contributed by atoms with Gasteiger partial charge in [-0.25, -0.2) is 0 Å². The molecular weight excluding hydrogens is 360 g/mol. The largest absolute Gasteiger partial charge is 0.496 e. The zero-order chi connectivity index (χ0) is 19.2. The monoisotopic (exact) mass is 384 g/mol. The van der Waals surface area contributed by atoms with Crippen LogP contribution < -0.4 is 9.47 Å². The van der Waals surface area contributed by atoms with Crippen molar-refractivity contribution in [2.45, 2.75) is 31.9 Å². The maximum atomic E-state index is 5.84. The normalized spacial score (nSPS) is 11.0. The van der Waals surface area contributed by atoms with Crippen molar-refractivity contribution >= 4 is 11.8 Å². The minimum absolute atomic E-state index is 0.454. The molecule has 0 fully saturated rings. The van der Waals surface area contributed by atoms with Crippen LogP contribution in [0.3, 0.4) is 0 Å². The quantitative estimate of drug-likeness (QED) is 0.385. The number of methoxy groups -OCH3 is 1. The molecular formula is C21H24N2O3S. The van der Waals surface area contributed by atoms with Crippen LogP contribution in [0.5, 0.6) is 11.5 Å². The van der Waals surface area contributed by atoms with Crippen molar-refractivity contribution in [2.24, 2.45) is 0 Å². The number of aromatic nitrogens is 2. The minimum Gasteiger partial charge on any atom is -0.496 e. The molecule has 3 rings (SSSR count). The zero-order valence-electron chi connectivity index (χ0n) is 16.1. The molecule has 0 aliphatic carbocycles. The smallest absolute Gasteiger partial charge is 0.276 e. The molecule has 1 aromatic heterocycles.